The van der Waals surface area contributed by atoms with Crippen LogP contribution in [-0.4, -0.2) is 21.7 Å². The first-order valence-electron chi connectivity index (χ1n) is 6.85. The number of pyridine rings is 1. The van der Waals surface area contributed by atoms with E-state index in [0.717, 1.165) is 12.2 Å². The lowest BCUT2D eigenvalue weighted by Gasteiger charge is -2.10. The number of hydrogen-bond donors (Lipinski definition) is 2. The minimum absolute atomic E-state index is 0.0214. The zero-order chi connectivity index (χ0) is 14.4. The Hall–Kier alpha value is -1.95. The Bertz CT molecular complexity index is 511. The minimum atomic E-state index is 0.0214. The van der Waals surface area contributed by atoms with E-state index in [0.29, 0.717) is 24.4 Å². The van der Waals surface area contributed by atoms with Crippen molar-refractivity contribution in [3.8, 4) is 0 Å². The largest absolute Gasteiger partial charge is 0.407 e. The molecule has 6 heteroatoms. The van der Waals surface area contributed by atoms with E-state index >= 15 is 0 Å². The summed E-state index contributed by atoms with van der Waals surface area (Å²) in [7, 11) is 0. The van der Waals surface area contributed by atoms with Crippen molar-refractivity contribution in [1.29, 1.82) is 0 Å². The van der Waals surface area contributed by atoms with Crippen LogP contribution in [0.25, 0.3) is 0 Å². The fourth-order valence-corrected chi connectivity index (χ4v) is 1.74. The second-order valence-corrected chi connectivity index (χ2v) is 5.15. The SMILES string of the molecule is CC(C)CNCc1nnc(NC(C)c2ccccn2)o1. The monoisotopic (exact) mass is 275 g/mol. The zero-order valence-electron chi connectivity index (χ0n) is 12.1. The molecule has 0 aliphatic heterocycles. The molecule has 0 aliphatic rings. The van der Waals surface area contributed by atoms with Gasteiger partial charge in [-0.1, -0.05) is 25.0 Å². The molecular weight excluding hydrogens is 254 g/mol. The molecule has 1 atom stereocenters. The highest BCUT2D eigenvalue weighted by Crippen LogP contribution is 2.15. The number of anilines is 1. The van der Waals surface area contributed by atoms with Crippen LogP contribution in [-0.2, 0) is 6.54 Å². The van der Waals surface area contributed by atoms with Crippen LogP contribution in [0.2, 0.25) is 0 Å². The van der Waals surface area contributed by atoms with Crippen molar-refractivity contribution in [1.82, 2.24) is 20.5 Å². The normalized spacial score (nSPS) is 12.6. The van der Waals surface area contributed by atoms with Gasteiger partial charge in [0.15, 0.2) is 0 Å². The fraction of sp³-hybridized carbons (Fsp3) is 0.500. The molecule has 0 spiro atoms. The molecule has 0 saturated heterocycles. The van der Waals surface area contributed by atoms with E-state index in [1.807, 2.05) is 25.1 Å². The van der Waals surface area contributed by atoms with E-state index in [1.165, 1.54) is 0 Å². The van der Waals surface area contributed by atoms with Crippen molar-refractivity contribution in [2.24, 2.45) is 5.92 Å². The molecule has 0 radical (unpaired) electrons. The second-order valence-electron chi connectivity index (χ2n) is 5.15. The number of rotatable bonds is 7. The first-order chi connectivity index (χ1) is 9.65. The number of nitrogens with one attached hydrogen (secondary N) is 2. The molecular formula is C14H21N5O. The first kappa shape index (κ1) is 14.5. The molecule has 0 amide bonds. The summed E-state index contributed by atoms with van der Waals surface area (Å²) in [6, 6.07) is 6.24. The van der Waals surface area contributed by atoms with Gasteiger partial charge in [-0.3, -0.25) is 4.98 Å². The second kappa shape index (κ2) is 7.00. The molecule has 2 rings (SSSR count). The van der Waals surface area contributed by atoms with E-state index in [1.54, 1.807) is 6.20 Å². The van der Waals surface area contributed by atoms with Crippen molar-refractivity contribution in [3.63, 3.8) is 0 Å². The molecule has 0 bridgehead atoms. The predicted molar refractivity (Wildman–Crippen MR) is 77.1 cm³/mol. The smallest absolute Gasteiger partial charge is 0.316 e. The number of nitrogens with zero attached hydrogens (tertiary/aromatic N) is 3. The summed E-state index contributed by atoms with van der Waals surface area (Å²) >= 11 is 0. The topological polar surface area (TPSA) is 75.9 Å². The summed E-state index contributed by atoms with van der Waals surface area (Å²) in [5.41, 5.74) is 0.935. The van der Waals surface area contributed by atoms with Crippen molar-refractivity contribution in [2.75, 3.05) is 11.9 Å². The summed E-state index contributed by atoms with van der Waals surface area (Å²) in [6.07, 6.45) is 1.77. The van der Waals surface area contributed by atoms with Gasteiger partial charge in [0, 0.05) is 6.20 Å². The van der Waals surface area contributed by atoms with E-state index in [2.05, 4.69) is 39.7 Å². The summed E-state index contributed by atoms with van der Waals surface area (Å²) in [5.74, 6) is 1.18. The van der Waals surface area contributed by atoms with E-state index in [-0.39, 0.29) is 6.04 Å². The van der Waals surface area contributed by atoms with Crippen LogP contribution in [0, 0.1) is 5.92 Å². The van der Waals surface area contributed by atoms with Gasteiger partial charge < -0.3 is 15.1 Å². The van der Waals surface area contributed by atoms with Gasteiger partial charge in [-0.05, 0) is 31.5 Å². The number of aromatic nitrogens is 3. The Kier molecular flexibility index (Phi) is 5.06. The lowest BCUT2D eigenvalue weighted by atomic mass is 10.2. The molecule has 0 saturated carbocycles. The van der Waals surface area contributed by atoms with Crippen LogP contribution in [0.4, 0.5) is 6.01 Å². The maximum absolute atomic E-state index is 5.53. The highest BCUT2D eigenvalue weighted by Gasteiger charge is 2.11. The van der Waals surface area contributed by atoms with Crippen molar-refractivity contribution >= 4 is 6.01 Å². The average Bonchev–Trinajstić information content (AvgIpc) is 2.87. The standard InChI is InChI=1S/C14H21N5O/c1-10(2)8-15-9-13-18-19-14(20-13)17-11(3)12-6-4-5-7-16-12/h4-7,10-11,15H,8-9H2,1-3H3,(H,17,19). The summed E-state index contributed by atoms with van der Waals surface area (Å²) in [5, 5.41) is 14.4. The molecule has 0 aliphatic carbocycles. The van der Waals surface area contributed by atoms with Crippen LogP contribution < -0.4 is 10.6 Å². The highest BCUT2D eigenvalue weighted by atomic mass is 16.4. The van der Waals surface area contributed by atoms with E-state index < -0.39 is 0 Å². The lowest BCUT2D eigenvalue weighted by Crippen LogP contribution is -2.19. The zero-order valence-corrected chi connectivity index (χ0v) is 12.1. The van der Waals surface area contributed by atoms with E-state index in [9.17, 15) is 0 Å². The quantitative estimate of drug-likeness (QED) is 0.808. The molecule has 2 heterocycles. The number of hydrogen-bond acceptors (Lipinski definition) is 6. The van der Waals surface area contributed by atoms with Gasteiger partial charge in [0.05, 0.1) is 18.3 Å². The van der Waals surface area contributed by atoms with Crippen LogP contribution in [0.5, 0.6) is 0 Å². The fourth-order valence-electron chi connectivity index (χ4n) is 1.74. The van der Waals surface area contributed by atoms with Gasteiger partial charge in [-0.15, -0.1) is 5.10 Å². The summed E-state index contributed by atoms with van der Waals surface area (Å²) in [6.45, 7) is 7.83. The molecule has 6 nitrogen and oxygen atoms in total. The Morgan fingerprint density at radius 3 is 2.75 bits per heavy atom. The maximum atomic E-state index is 5.53. The van der Waals surface area contributed by atoms with Crippen LogP contribution >= 0.6 is 0 Å². The van der Waals surface area contributed by atoms with Crippen molar-refractivity contribution in [2.45, 2.75) is 33.4 Å². The first-order valence-corrected chi connectivity index (χ1v) is 6.85. The third-order valence-electron chi connectivity index (χ3n) is 2.77. The molecule has 0 fully saturated rings. The lowest BCUT2D eigenvalue weighted by molar-refractivity contribution is 0.456. The van der Waals surface area contributed by atoms with Gasteiger partial charge in [-0.2, -0.15) is 0 Å². The van der Waals surface area contributed by atoms with Gasteiger partial charge >= 0.3 is 6.01 Å². The van der Waals surface area contributed by atoms with Crippen LogP contribution in [0.1, 0.15) is 38.4 Å². The van der Waals surface area contributed by atoms with Crippen molar-refractivity contribution < 1.29 is 4.42 Å². The van der Waals surface area contributed by atoms with Gasteiger partial charge in [0.25, 0.3) is 0 Å². The van der Waals surface area contributed by atoms with E-state index in [4.69, 9.17) is 4.42 Å². The predicted octanol–water partition coefficient (Wildman–Crippen LogP) is 2.38. The molecule has 108 valence electrons. The Labute approximate surface area is 119 Å². The highest BCUT2D eigenvalue weighted by molar-refractivity contribution is 5.24. The Morgan fingerprint density at radius 2 is 2.05 bits per heavy atom. The molecule has 20 heavy (non-hydrogen) atoms. The van der Waals surface area contributed by atoms with Gasteiger partial charge in [0.2, 0.25) is 5.89 Å². The molecule has 2 N–H and O–H groups in total. The molecule has 1 unspecified atom stereocenters. The maximum Gasteiger partial charge on any atom is 0.316 e. The third kappa shape index (κ3) is 4.31. The van der Waals surface area contributed by atoms with Crippen LogP contribution in [0.15, 0.2) is 28.8 Å². The van der Waals surface area contributed by atoms with Gasteiger partial charge in [-0.25, -0.2) is 0 Å². The average molecular weight is 275 g/mol. The Balaban J connectivity index is 1.86. The third-order valence-corrected chi connectivity index (χ3v) is 2.77. The molecule has 0 aromatic carbocycles. The summed E-state index contributed by atoms with van der Waals surface area (Å²) < 4.78 is 5.53. The van der Waals surface area contributed by atoms with Crippen LogP contribution in [0.3, 0.4) is 0 Å². The van der Waals surface area contributed by atoms with Crippen molar-refractivity contribution in [3.05, 3.63) is 36.0 Å². The van der Waals surface area contributed by atoms with Gasteiger partial charge in [0.1, 0.15) is 0 Å². The minimum Gasteiger partial charge on any atom is -0.407 e. The molecule has 2 aromatic heterocycles. The Morgan fingerprint density at radius 1 is 1.20 bits per heavy atom. The molecule has 2 aromatic rings. The summed E-state index contributed by atoms with van der Waals surface area (Å²) in [4.78, 5) is 4.29.